The molecule has 166 valence electrons. The van der Waals surface area contributed by atoms with Gasteiger partial charge in [-0.3, -0.25) is 14.5 Å². The summed E-state index contributed by atoms with van der Waals surface area (Å²) in [6, 6.07) is 15.7. The number of hydrogen-bond donors (Lipinski definition) is 2. The Balaban J connectivity index is 1.58. The normalized spacial score (nSPS) is 16.6. The molecule has 1 atom stereocenters. The number of likely N-dealkylation sites (tertiary alicyclic amines) is 1. The molecule has 2 amide bonds. The van der Waals surface area contributed by atoms with E-state index in [2.05, 4.69) is 46.7 Å². The van der Waals surface area contributed by atoms with Crippen LogP contribution >= 0.6 is 0 Å². The molecule has 0 aromatic heterocycles. The van der Waals surface area contributed by atoms with Crippen molar-refractivity contribution in [2.75, 3.05) is 38.7 Å². The molecular weight excluding hydrogens is 390 g/mol. The largest absolute Gasteiger partial charge is 0.385 e. The van der Waals surface area contributed by atoms with Crippen LogP contribution in [-0.2, 0) is 16.1 Å². The van der Waals surface area contributed by atoms with Crippen LogP contribution in [0, 0.1) is 12.8 Å². The van der Waals surface area contributed by atoms with Crippen LogP contribution in [0.4, 0.5) is 5.69 Å². The Morgan fingerprint density at radius 1 is 1.13 bits per heavy atom. The Morgan fingerprint density at radius 3 is 2.68 bits per heavy atom. The average Bonchev–Trinajstić information content (AvgIpc) is 2.79. The lowest BCUT2D eigenvalue weighted by Gasteiger charge is -2.32. The van der Waals surface area contributed by atoms with Gasteiger partial charge in [0.1, 0.15) is 0 Å². The highest BCUT2D eigenvalue weighted by molar-refractivity contribution is 6.04. The molecular formula is C25H33N3O3. The van der Waals surface area contributed by atoms with E-state index in [1.807, 2.05) is 12.1 Å². The Labute approximate surface area is 185 Å². The van der Waals surface area contributed by atoms with Crippen molar-refractivity contribution in [2.45, 2.75) is 32.7 Å². The predicted octanol–water partition coefficient (Wildman–Crippen LogP) is 3.61. The lowest BCUT2D eigenvalue weighted by atomic mass is 9.96. The number of rotatable bonds is 9. The maximum Gasteiger partial charge on any atom is 0.253 e. The number of piperidine rings is 1. The van der Waals surface area contributed by atoms with E-state index in [-0.39, 0.29) is 17.7 Å². The van der Waals surface area contributed by atoms with Crippen molar-refractivity contribution < 1.29 is 14.3 Å². The highest BCUT2D eigenvalue weighted by Gasteiger charge is 2.26. The van der Waals surface area contributed by atoms with Crippen LogP contribution in [0.5, 0.6) is 0 Å². The number of hydrogen-bond acceptors (Lipinski definition) is 4. The van der Waals surface area contributed by atoms with Crippen LogP contribution in [0.1, 0.15) is 40.7 Å². The summed E-state index contributed by atoms with van der Waals surface area (Å²) in [6.07, 6.45) is 2.60. The second-order valence-corrected chi connectivity index (χ2v) is 8.20. The van der Waals surface area contributed by atoms with Gasteiger partial charge in [-0.15, -0.1) is 0 Å². The van der Waals surface area contributed by atoms with Gasteiger partial charge in [0.05, 0.1) is 17.2 Å². The number of nitrogens with zero attached hydrogens (tertiary/aromatic N) is 1. The molecule has 3 rings (SSSR count). The number of aryl methyl sites for hydroxylation is 1. The molecule has 2 N–H and O–H groups in total. The monoisotopic (exact) mass is 423 g/mol. The van der Waals surface area contributed by atoms with E-state index >= 15 is 0 Å². The zero-order chi connectivity index (χ0) is 22.1. The Kier molecular flexibility index (Phi) is 8.62. The maximum atomic E-state index is 13.0. The van der Waals surface area contributed by atoms with Gasteiger partial charge in [0.15, 0.2) is 0 Å². The Morgan fingerprint density at radius 2 is 1.90 bits per heavy atom. The van der Waals surface area contributed by atoms with Crippen LogP contribution in [-0.4, -0.2) is 50.1 Å². The van der Waals surface area contributed by atoms with Crippen LogP contribution in [0.15, 0.2) is 48.5 Å². The van der Waals surface area contributed by atoms with Crippen molar-refractivity contribution in [3.8, 4) is 0 Å². The number of carbonyl (C=O) groups is 2. The standard InChI is InChI=1S/C25H33N3O3/c1-19-10-12-20(13-11-19)17-28-15-5-7-21(18-28)24(29)27-23-9-4-3-8-22(23)25(30)26-14-6-16-31-2/h3-4,8-13,21H,5-7,14-18H2,1-2H3,(H,26,30)(H,27,29). The fourth-order valence-corrected chi connectivity index (χ4v) is 3.90. The topological polar surface area (TPSA) is 70.7 Å². The van der Waals surface area contributed by atoms with Crippen molar-refractivity contribution in [2.24, 2.45) is 5.92 Å². The summed E-state index contributed by atoms with van der Waals surface area (Å²) in [7, 11) is 1.64. The first-order valence-corrected chi connectivity index (χ1v) is 11.0. The summed E-state index contributed by atoms with van der Waals surface area (Å²) < 4.78 is 5.01. The molecule has 1 aliphatic rings. The second-order valence-electron chi connectivity index (χ2n) is 8.20. The van der Waals surface area contributed by atoms with Gasteiger partial charge in [-0.25, -0.2) is 0 Å². The number of benzene rings is 2. The summed E-state index contributed by atoms with van der Waals surface area (Å²) in [5.41, 5.74) is 3.57. The molecule has 1 saturated heterocycles. The minimum atomic E-state index is -0.184. The molecule has 1 heterocycles. The molecule has 2 aromatic rings. The van der Waals surface area contributed by atoms with Gasteiger partial charge in [0.2, 0.25) is 5.91 Å². The van der Waals surface area contributed by atoms with Gasteiger partial charge in [-0.1, -0.05) is 42.0 Å². The molecule has 2 aromatic carbocycles. The lowest BCUT2D eigenvalue weighted by Crippen LogP contribution is -2.40. The molecule has 0 aliphatic carbocycles. The van der Waals surface area contributed by atoms with E-state index in [4.69, 9.17) is 4.74 Å². The third-order valence-corrected chi connectivity index (χ3v) is 5.64. The van der Waals surface area contributed by atoms with Gasteiger partial charge < -0.3 is 15.4 Å². The van der Waals surface area contributed by atoms with Crippen LogP contribution < -0.4 is 10.6 Å². The predicted molar refractivity (Wildman–Crippen MR) is 123 cm³/mol. The van der Waals surface area contributed by atoms with Crippen molar-refractivity contribution in [1.29, 1.82) is 0 Å². The highest BCUT2D eigenvalue weighted by atomic mass is 16.5. The Bertz CT molecular complexity index is 867. The van der Waals surface area contributed by atoms with E-state index in [0.29, 0.717) is 24.4 Å². The van der Waals surface area contributed by atoms with Gasteiger partial charge >= 0.3 is 0 Å². The quantitative estimate of drug-likeness (QED) is 0.605. The van der Waals surface area contributed by atoms with Crippen molar-refractivity contribution in [3.05, 3.63) is 65.2 Å². The lowest BCUT2D eigenvalue weighted by molar-refractivity contribution is -0.121. The van der Waals surface area contributed by atoms with Gasteiger partial charge in [0, 0.05) is 33.4 Å². The summed E-state index contributed by atoms with van der Waals surface area (Å²) in [6.45, 7) is 5.79. The molecule has 6 nitrogen and oxygen atoms in total. The zero-order valence-electron chi connectivity index (χ0n) is 18.5. The molecule has 0 spiro atoms. The highest BCUT2D eigenvalue weighted by Crippen LogP contribution is 2.22. The average molecular weight is 424 g/mol. The fraction of sp³-hybridized carbons (Fsp3) is 0.440. The zero-order valence-corrected chi connectivity index (χ0v) is 18.5. The molecule has 1 fully saturated rings. The molecule has 6 heteroatoms. The molecule has 0 radical (unpaired) electrons. The van der Waals surface area contributed by atoms with Crippen LogP contribution in [0.2, 0.25) is 0 Å². The van der Waals surface area contributed by atoms with Crippen LogP contribution in [0.25, 0.3) is 0 Å². The number of amides is 2. The van der Waals surface area contributed by atoms with Crippen molar-refractivity contribution >= 4 is 17.5 Å². The molecule has 1 aliphatic heterocycles. The Hall–Kier alpha value is -2.70. The van der Waals surface area contributed by atoms with E-state index in [9.17, 15) is 9.59 Å². The number of carbonyl (C=O) groups excluding carboxylic acids is 2. The SMILES string of the molecule is COCCCNC(=O)c1ccccc1NC(=O)C1CCCN(Cc2ccc(C)cc2)C1. The van der Waals surface area contributed by atoms with Crippen molar-refractivity contribution in [1.82, 2.24) is 10.2 Å². The van der Waals surface area contributed by atoms with E-state index in [1.165, 1.54) is 11.1 Å². The van der Waals surface area contributed by atoms with E-state index < -0.39 is 0 Å². The number of nitrogens with one attached hydrogen (secondary N) is 2. The van der Waals surface area contributed by atoms with E-state index in [1.54, 1.807) is 19.2 Å². The maximum absolute atomic E-state index is 13.0. The smallest absolute Gasteiger partial charge is 0.253 e. The third kappa shape index (κ3) is 6.91. The minimum absolute atomic E-state index is 0.0201. The van der Waals surface area contributed by atoms with Gasteiger partial charge in [-0.2, -0.15) is 0 Å². The van der Waals surface area contributed by atoms with Crippen LogP contribution in [0.3, 0.4) is 0 Å². The second kappa shape index (κ2) is 11.6. The summed E-state index contributed by atoms with van der Waals surface area (Å²) in [5.74, 6) is -0.290. The molecule has 31 heavy (non-hydrogen) atoms. The number of ether oxygens (including phenoxy) is 1. The summed E-state index contributed by atoms with van der Waals surface area (Å²) >= 11 is 0. The molecule has 0 bridgehead atoms. The van der Waals surface area contributed by atoms with Gasteiger partial charge in [-0.05, 0) is 50.4 Å². The molecule has 1 unspecified atom stereocenters. The first-order valence-electron chi connectivity index (χ1n) is 11.0. The molecule has 0 saturated carbocycles. The third-order valence-electron chi connectivity index (χ3n) is 5.64. The first kappa shape index (κ1) is 23.0. The minimum Gasteiger partial charge on any atom is -0.385 e. The van der Waals surface area contributed by atoms with Crippen molar-refractivity contribution in [3.63, 3.8) is 0 Å². The van der Waals surface area contributed by atoms with E-state index in [0.717, 1.165) is 38.9 Å². The number of para-hydroxylation sites is 1. The first-order chi connectivity index (χ1) is 15.1. The van der Waals surface area contributed by atoms with Gasteiger partial charge in [0.25, 0.3) is 5.91 Å². The number of anilines is 1. The summed E-state index contributed by atoms with van der Waals surface area (Å²) in [4.78, 5) is 27.9. The number of methoxy groups -OCH3 is 1. The summed E-state index contributed by atoms with van der Waals surface area (Å²) in [5, 5.41) is 5.89. The fourth-order valence-electron chi connectivity index (χ4n) is 3.90.